The minimum Gasteiger partial charge on any atom is -0.466 e. The summed E-state index contributed by atoms with van der Waals surface area (Å²) in [5.41, 5.74) is 3.49. The fourth-order valence-corrected chi connectivity index (χ4v) is 5.64. The molecule has 0 amide bonds. The number of methoxy groups -OCH3 is 1. The van der Waals surface area contributed by atoms with Gasteiger partial charge in [-0.25, -0.2) is 0 Å². The molecule has 0 spiro atoms. The van der Waals surface area contributed by atoms with E-state index in [0.717, 1.165) is 18.5 Å². The highest BCUT2D eigenvalue weighted by Gasteiger charge is 2.66. The molecule has 5 atom stereocenters. The van der Waals surface area contributed by atoms with Crippen LogP contribution >= 0.6 is 0 Å². The monoisotopic (exact) mass is 329 g/mol. The smallest absolute Gasteiger partial charge is 0.311 e. The van der Waals surface area contributed by atoms with Gasteiger partial charge in [-0.3, -0.25) is 4.79 Å². The van der Waals surface area contributed by atoms with Gasteiger partial charge >= 0.3 is 5.97 Å². The highest BCUT2D eigenvalue weighted by molar-refractivity contribution is 5.78. The van der Waals surface area contributed by atoms with Crippen molar-refractivity contribution in [2.24, 2.45) is 11.8 Å². The number of ether oxygens (including phenoxy) is 2. The lowest BCUT2D eigenvalue weighted by atomic mass is 9.70. The Labute approximate surface area is 143 Å². The average Bonchev–Trinajstić information content (AvgIpc) is 3.07. The second-order valence-corrected chi connectivity index (χ2v) is 7.53. The normalized spacial score (nSPS) is 36.5. The summed E-state index contributed by atoms with van der Waals surface area (Å²) in [4.78, 5) is 12.8. The number of carbonyl (C=O) groups is 1. The van der Waals surface area contributed by atoms with E-state index in [4.69, 9.17) is 9.47 Å². The molecular formula is C20H27NO3. The summed E-state index contributed by atoms with van der Waals surface area (Å²) in [5, 5.41) is 3.65. The molecule has 1 N–H and O–H groups in total. The van der Waals surface area contributed by atoms with Crippen LogP contribution in [0.4, 0.5) is 5.69 Å². The summed E-state index contributed by atoms with van der Waals surface area (Å²) < 4.78 is 11.7. The highest BCUT2D eigenvalue weighted by Crippen LogP contribution is 2.62. The van der Waals surface area contributed by atoms with Gasteiger partial charge in [-0.05, 0) is 38.3 Å². The largest absolute Gasteiger partial charge is 0.466 e. The second kappa shape index (κ2) is 5.76. The molecule has 130 valence electrons. The molecule has 2 aliphatic carbocycles. The van der Waals surface area contributed by atoms with Crippen LogP contribution in [0.5, 0.6) is 0 Å². The first kappa shape index (κ1) is 15.9. The minimum atomic E-state index is -0.244. The van der Waals surface area contributed by atoms with E-state index in [2.05, 4.69) is 30.4 Å². The van der Waals surface area contributed by atoms with E-state index in [1.807, 2.05) is 14.0 Å². The molecule has 0 aromatic heterocycles. The molecule has 1 aromatic carbocycles. The van der Waals surface area contributed by atoms with Crippen LogP contribution in [0.2, 0.25) is 0 Å². The van der Waals surface area contributed by atoms with Crippen molar-refractivity contribution in [1.29, 1.82) is 0 Å². The van der Waals surface area contributed by atoms with Crippen LogP contribution in [0.25, 0.3) is 0 Å². The standard InChI is InChI=1S/C20H27NO3/c1-4-24-19(22)16-14-7-5-6-10-20(14,23-3)17-13-11-12(2)8-9-15(13)21-18(16)17/h8-9,11,14,16-18,21H,4-7,10H2,1-3H3/t14-,16+,17+,18+,20-/m0/s1. The van der Waals surface area contributed by atoms with Crippen molar-refractivity contribution in [3.63, 3.8) is 0 Å². The summed E-state index contributed by atoms with van der Waals surface area (Å²) in [6.07, 6.45) is 4.42. The number of anilines is 1. The average molecular weight is 329 g/mol. The van der Waals surface area contributed by atoms with E-state index in [9.17, 15) is 4.79 Å². The Balaban J connectivity index is 1.83. The molecule has 4 rings (SSSR count). The van der Waals surface area contributed by atoms with Crippen LogP contribution in [0.15, 0.2) is 18.2 Å². The summed E-state index contributed by atoms with van der Waals surface area (Å²) in [6, 6.07) is 6.63. The Morgan fingerprint density at radius 2 is 2.21 bits per heavy atom. The number of aryl methyl sites for hydroxylation is 1. The predicted molar refractivity (Wildman–Crippen MR) is 93.2 cm³/mol. The molecule has 0 unspecified atom stereocenters. The van der Waals surface area contributed by atoms with Gasteiger partial charge in [0, 0.05) is 30.7 Å². The lowest BCUT2D eigenvalue weighted by Gasteiger charge is -2.43. The van der Waals surface area contributed by atoms with Gasteiger partial charge in [0.15, 0.2) is 0 Å². The van der Waals surface area contributed by atoms with Crippen molar-refractivity contribution >= 4 is 11.7 Å². The third-order valence-corrected chi connectivity index (χ3v) is 6.47. The number of fused-ring (bicyclic) bond motifs is 5. The lowest BCUT2D eigenvalue weighted by molar-refractivity contribution is -0.153. The molecule has 0 bridgehead atoms. The summed E-state index contributed by atoms with van der Waals surface area (Å²) in [6.45, 7) is 4.45. The number of rotatable bonds is 3. The molecule has 2 saturated carbocycles. The third-order valence-electron chi connectivity index (χ3n) is 6.47. The van der Waals surface area contributed by atoms with E-state index < -0.39 is 0 Å². The Bertz CT molecular complexity index is 658. The fraction of sp³-hybridized carbons (Fsp3) is 0.650. The summed E-state index contributed by atoms with van der Waals surface area (Å²) >= 11 is 0. The van der Waals surface area contributed by atoms with E-state index in [-0.39, 0.29) is 35.4 Å². The maximum Gasteiger partial charge on any atom is 0.311 e. The number of carbonyl (C=O) groups excluding carboxylic acids is 1. The molecule has 24 heavy (non-hydrogen) atoms. The van der Waals surface area contributed by atoms with E-state index in [1.165, 1.54) is 24.0 Å². The van der Waals surface area contributed by atoms with Crippen molar-refractivity contribution in [2.75, 3.05) is 19.0 Å². The molecule has 4 nitrogen and oxygen atoms in total. The highest BCUT2D eigenvalue weighted by atomic mass is 16.5. The van der Waals surface area contributed by atoms with Crippen molar-refractivity contribution in [2.45, 2.75) is 57.1 Å². The van der Waals surface area contributed by atoms with Crippen molar-refractivity contribution < 1.29 is 14.3 Å². The zero-order valence-corrected chi connectivity index (χ0v) is 14.8. The Morgan fingerprint density at radius 3 is 2.96 bits per heavy atom. The van der Waals surface area contributed by atoms with Gasteiger partial charge in [-0.2, -0.15) is 0 Å². The van der Waals surface area contributed by atoms with Gasteiger partial charge in [-0.15, -0.1) is 0 Å². The van der Waals surface area contributed by atoms with Gasteiger partial charge < -0.3 is 14.8 Å². The summed E-state index contributed by atoms with van der Waals surface area (Å²) in [5.74, 6) is 0.293. The molecule has 1 aromatic rings. The fourth-order valence-electron chi connectivity index (χ4n) is 5.64. The predicted octanol–water partition coefficient (Wildman–Crippen LogP) is 3.64. The SMILES string of the molecule is CCOC(=O)[C@H]1[C@H]2Nc3ccc(C)cc3[C@H]2[C@]2(OC)CCCC[C@@H]12. The van der Waals surface area contributed by atoms with Crippen molar-refractivity contribution in [3.8, 4) is 0 Å². The number of benzene rings is 1. The molecular weight excluding hydrogens is 302 g/mol. The Morgan fingerprint density at radius 1 is 1.38 bits per heavy atom. The van der Waals surface area contributed by atoms with Crippen LogP contribution in [0.3, 0.4) is 0 Å². The van der Waals surface area contributed by atoms with Gasteiger partial charge in [0.25, 0.3) is 0 Å². The maximum absolute atomic E-state index is 12.8. The van der Waals surface area contributed by atoms with Crippen molar-refractivity contribution in [1.82, 2.24) is 0 Å². The number of nitrogens with one attached hydrogen (secondary N) is 1. The zero-order chi connectivity index (χ0) is 16.9. The van der Waals surface area contributed by atoms with Crippen molar-refractivity contribution in [3.05, 3.63) is 29.3 Å². The first-order valence-electron chi connectivity index (χ1n) is 9.21. The lowest BCUT2D eigenvalue weighted by Crippen LogP contribution is -2.45. The first-order valence-corrected chi connectivity index (χ1v) is 9.21. The molecule has 1 aliphatic heterocycles. The van der Waals surface area contributed by atoms with Gasteiger partial charge in [0.2, 0.25) is 0 Å². The van der Waals surface area contributed by atoms with E-state index in [0.29, 0.717) is 6.61 Å². The Hall–Kier alpha value is -1.55. The molecule has 2 fully saturated rings. The van der Waals surface area contributed by atoms with Crippen LogP contribution in [0.1, 0.15) is 49.7 Å². The topological polar surface area (TPSA) is 47.6 Å². The maximum atomic E-state index is 12.8. The van der Waals surface area contributed by atoms with Crippen LogP contribution in [0, 0.1) is 18.8 Å². The van der Waals surface area contributed by atoms with Crippen LogP contribution < -0.4 is 5.32 Å². The number of hydrogen-bond donors (Lipinski definition) is 1. The quantitative estimate of drug-likeness (QED) is 0.860. The number of hydrogen-bond acceptors (Lipinski definition) is 4. The van der Waals surface area contributed by atoms with Gasteiger partial charge in [0.1, 0.15) is 0 Å². The molecule has 4 heteroatoms. The van der Waals surface area contributed by atoms with Gasteiger partial charge in [0.05, 0.1) is 18.1 Å². The third kappa shape index (κ3) is 2.05. The van der Waals surface area contributed by atoms with Gasteiger partial charge in [-0.1, -0.05) is 30.5 Å². The molecule has 0 radical (unpaired) electrons. The van der Waals surface area contributed by atoms with E-state index in [1.54, 1.807) is 0 Å². The zero-order valence-electron chi connectivity index (χ0n) is 14.8. The van der Waals surface area contributed by atoms with Crippen LogP contribution in [-0.4, -0.2) is 31.3 Å². The van der Waals surface area contributed by atoms with E-state index >= 15 is 0 Å². The minimum absolute atomic E-state index is 0.0599. The molecule has 0 saturated heterocycles. The first-order chi connectivity index (χ1) is 11.6. The molecule has 3 aliphatic rings. The molecule has 1 heterocycles. The second-order valence-electron chi connectivity index (χ2n) is 7.53. The van der Waals surface area contributed by atoms with Crippen LogP contribution in [-0.2, 0) is 14.3 Å². The summed E-state index contributed by atoms with van der Waals surface area (Å²) in [7, 11) is 1.83. The Kier molecular flexibility index (Phi) is 3.83. The number of esters is 1.